The molecule has 0 heterocycles. The number of aryl methyl sites for hydroxylation is 1. The molecule has 0 saturated carbocycles. The normalized spacial score (nSPS) is 8.82. The molecule has 0 aliphatic heterocycles. The molecule has 0 aliphatic rings. The third kappa shape index (κ3) is 10.7. The van der Waals surface area contributed by atoms with Crippen molar-refractivity contribution in [3.63, 3.8) is 0 Å². The van der Waals surface area contributed by atoms with Gasteiger partial charge in [0.1, 0.15) is 0 Å². The van der Waals surface area contributed by atoms with Crippen molar-refractivity contribution in [2.45, 2.75) is 33.1 Å². The van der Waals surface area contributed by atoms with E-state index >= 15 is 0 Å². The molecule has 0 bridgehead atoms. The summed E-state index contributed by atoms with van der Waals surface area (Å²) in [6.07, 6.45) is 4.06. The zero-order valence-corrected chi connectivity index (χ0v) is 10.8. The van der Waals surface area contributed by atoms with Crippen LogP contribution in [-0.2, 0) is 9.53 Å². The lowest BCUT2D eigenvalue weighted by atomic mass is 10.2. The van der Waals surface area contributed by atoms with Crippen LogP contribution in [0, 0.1) is 6.92 Å². The minimum Gasteiger partial charge on any atom is -0.466 e. The van der Waals surface area contributed by atoms with Crippen molar-refractivity contribution >= 4 is 5.97 Å². The zero-order chi connectivity index (χ0) is 12.9. The van der Waals surface area contributed by atoms with Gasteiger partial charge in [0.25, 0.3) is 0 Å². The summed E-state index contributed by atoms with van der Waals surface area (Å²) in [6, 6.07) is 10.3. The summed E-state index contributed by atoms with van der Waals surface area (Å²) >= 11 is 0. The predicted molar refractivity (Wildman–Crippen MR) is 71.9 cm³/mol. The third-order valence-corrected chi connectivity index (χ3v) is 2.03. The molecule has 1 aromatic rings. The molecular weight excluding hydrogens is 212 g/mol. The van der Waals surface area contributed by atoms with Crippen molar-refractivity contribution in [3.8, 4) is 0 Å². The van der Waals surface area contributed by atoms with Crippen LogP contribution < -0.4 is 0 Å². The first-order chi connectivity index (χ1) is 8.20. The van der Waals surface area contributed by atoms with Gasteiger partial charge in [-0.2, -0.15) is 0 Å². The van der Waals surface area contributed by atoms with Gasteiger partial charge in [-0.25, -0.2) is 0 Å². The fourth-order valence-corrected chi connectivity index (χ4v) is 1.16. The van der Waals surface area contributed by atoms with Crippen LogP contribution in [0.2, 0.25) is 0 Å². The molecule has 0 amide bonds. The van der Waals surface area contributed by atoms with Crippen LogP contribution >= 0.6 is 0 Å². The van der Waals surface area contributed by atoms with Gasteiger partial charge in [0.15, 0.2) is 0 Å². The highest BCUT2D eigenvalue weighted by Gasteiger charge is 1.97. The van der Waals surface area contributed by atoms with Crippen LogP contribution in [0.3, 0.4) is 0 Å². The molecule has 0 saturated heterocycles. The minimum absolute atomic E-state index is 0.107. The first-order valence-corrected chi connectivity index (χ1v) is 5.98. The number of hydrogen-bond donors (Lipinski definition) is 0. The van der Waals surface area contributed by atoms with E-state index < -0.39 is 0 Å². The summed E-state index contributed by atoms with van der Waals surface area (Å²) in [5, 5.41) is 0. The van der Waals surface area contributed by atoms with E-state index in [1.807, 2.05) is 25.1 Å². The highest BCUT2D eigenvalue weighted by molar-refractivity contribution is 5.69. The predicted octanol–water partition coefficient (Wildman–Crippen LogP) is 3.90. The molecule has 1 rings (SSSR count). The Morgan fingerprint density at radius 2 is 2.00 bits per heavy atom. The highest BCUT2D eigenvalue weighted by Crippen LogP contribution is 1.97. The summed E-state index contributed by atoms with van der Waals surface area (Å²) in [6.45, 7) is 7.92. The van der Waals surface area contributed by atoms with Crippen molar-refractivity contribution in [2.75, 3.05) is 6.61 Å². The molecular formula is C15H22O2. The third-order valence-electron chi connectivity index (χ3n) is 2.03. The van der Waals surface area contributed by atoms with Gasteiger partial charge in [-0.15, -0.1) is 6.58 Å². The maximum atomic E-state index is 10.7. The Labute approximate surface area is 104 Å². The van der Waals surface area contributed by atoms with Crippen molar-refractivity contribution in [2.24, 2.45) is 0 Å². The number of ether oxygens (including phenoxy) is 1. The summed E-state index contributed by atoms with van der Waals surface area (Å²) in [5.74, 6) is -0.107. The van der Waals surface area contributed by atoms with Gasteiger partial charge in [0.2, 0.25) is 0 Å². The largest absolute Gasteiger partial charge is 0.466 e. The molecule has 0 unspecified atom stereocenters. The van der Waals surface area contributed by atoms with Gasteiger partial charge >= 0.3 is 5.97 Å². The molecule has 94 valence electrons. The number of carbonyl (C=O) groups excluding carboxylic acids is 1. The number of unbranched alkanes of at least 4 members (excludes halogenated alkanes) is 1. The van der Waals surface area contributed by atoms with Crippen LogP contribution in [0.25, 0.3) is 0 Å². The zero-order valence-electron chi connectivity index (χ0n) is 10.8. The molecule has 2 heteroatoms. The van der Waals surface area contributed by atoms with Gasteiger partial charge in [0.05, 0.1) is 6.61 Å². The molecule has 0 aliphatic carbocycles. The fraction of sp³-hybridized carbons (Fsp3) is 0.400. The molecule has 2 nitrogen and oxygen atoms in total. The maximum Gasteiger partial charge on any atom is 0.305 e. The first kappa shape index (κ1) is 15.4. The highest BCUT2D eigenvalue weighted by atomic mass is 16.5. The maximum absolute atomic E-state index is 10.7. The SMILES string of the molecule is C=CCCCC(=O)OCC.Cc1ccccc1. The Hall–Kier alpha value is -1.57. The Balaban J connectivity index is 0.000000318. The van der Waals surface area contributed by atoms with E-state index in [4.69, 9.17) is 4.74 Å². The minimum atomic E-state index is -0.107. The van der Waals surface area contributed by atoms with E-state index in [-0.39, 0.29) is 5.97 Å². The van der Waals surface area contributed by atoms with Crippen LogP contribution in [0.4, 0.5) is 0 Å². The standard InChI is InChI=1S/C8H14O2.C7H8/c1-3-5-6-7-8(9)10-4-2;1-7-5-3-2-4-6-7/h3H,1,4-7H2,2H3;2-6H,1H3. The Bertz CT molecular complexity index is 304. The monoisotopic (exact) mass is 234 g/mol. The molecule has 0 N–H and O–H groups in total. The number of carbonyl (C=O) groups is 1. The van der Waals surface area contributed by atoms with E-state index in [9.17, 15) is 4.79 Å². The topological polar surface area (TPSA) is 26.3 Å². The Morgan fingerprint density at radius 1 is 1.35 bits per heavy atom. The molecule has 0 fully saturated rings. The van der Waals surface area contributed by atoms with Gasteiger partial charge in [0, 0.05) is 6.42 Å². The first-order valence-electron chi connectivity index (χ1n) is 5.98. The number of allylic oxidation sites excluding steroid dienone is 1. The number of benzene rings is 1. The second kappa shape index (κ2) is 10.9. The van der Waals surface area contributed by atoms with E-state index in [1.54, 1.807) is 6.08 Å². The molecule has 0 radical (unpaired) electrons. The lowest BCUT2D eigenvalue weighted by Gasteiger charge is -1.98. The second-order valence-electron chi connectivity index (χ2n) is 3.64. The fourth-order valence-electron chi connectivity index (χ4n) is 1.16. The lowest BCUT2D eigenvalue weighted by molar-refractivity contribution is -0.143. The molecule has 0 spiro atoms. The van der Waals surface area contributed by atoms with Gasteiger partial charge in [-0.3, -0.25) is 4.79 Å². The second-order valence-corrected chi connectivity index (χ2v) is 3.64. The van der Waals surface area contributed by atoms with Crippen LogP contribution in [0.5, 0.6) is 0 Å². The van der Waals surface area contributed by atoms with E-state index in [2.05, 4.69) is 25.6 Å². The Morgan fingerprint density at radius 3 is 2.41 bits per heavy atom. The number of rotatable bonds is 5. The van der Waals surface area contributed by atoms with Crippen molar-refractivity contribution in [1.29, 1.82) is 0 Å². The van der Waals surface area contributed by atoms with Crippen molar-refractivity contribution in [3.05, 3.63) is 48.6 Å². The summed E-state index contributed by atoms with van der Waals surface area (Å²) < 4.78 is 4.72. The summed E-state index contributed by atoms with van der Waals surface area (Å²) in [5.41, 5.74) is 1.32. The molecule has 1 aromatic carbocycles. The van der Waals surface area contributed by atoms with Crippen LogP contribution in [-0.4, -0.2) is 12.6 Å². The summed E-state index contributed by atoms with van der Waals surface area (Å²) in [7, 11) is 0. The smallest absolute Gasteiger partial charge is 0.305 e. The molecule has 17 heavy (non-hydrogen) atoms. The van der Waals surface area contributed by atoms with Gasteiger partial charge in [-0.1, -0.05) is 42.0 Å². The van der Waals surface area contributed by atoms with Gasteiger partial charge < -0.3 is 4.74 Å². The number of hydrogen-bond acceptors (Lipinski definition) is 2. The lowest BCUT2D eigenvalue weighted by Crippen LogP contribution is -2.02. The van der Waals surface area contributed by atoms with Crippen molar-refractivity contribution < 1.29 is 9.53 Å². The van der Waals surface area contributed by atoms with Crippen LogP contribution in [0.1, 0.15) is 31.7 Å². The van der Waals surface area contributed by atoms with E-state index in [0.29, 0.717) is 13.0 Å². The number of esters is 1. The summed E-state index contributed by atoms with van der Waals surface area (Å²) in [4.78, 5) is 10.7. The molecule has 0 aromatic heterocycles. The Kier molecular flexibility index (Phi) is 9.92. The average molecular weight is 234 g/mol. The van der Waals surface area contributed by atoms with Gasteiger partial charge in [-0.05, 0) is 26.7 Å². The van der Waals surface area contributed by atoms with Crippen molar-refractivity contribution in [1.82, 2.24) is 0 Å². The quantitative estimate of drug-likeness (QED) is 0.439. The van der Waals surface area contributed by atoms with E-state index in [1.165, 1.54) is 5.56 Å². The molecule has 0 atom stereocenters. The van der Waals surface area contributed by atoms with Crippen LogP contribution in [0.15, 0.2) is 43.0 Å². The van der Waals surface area contributed by atoms with E-state index in [0.717, 1.165) is 12.8 Å². The average Bonchev–Trinajstić information content (AvgIpc) is 2.31.